The number of amides is 1. The van der Waals surface area contributed by atoms with Gasteiger partial charge >= 0.3 is 0 Å². The fraction of sp³-hybridized carbons (Fsp3) is 0.167. The first kappa shape index (κ1) is 17.5. The third kappa shape index (κ3) is 4.41. The lowest BCUT2D eigenvalue weighted by Gasteiger charge is -2.07. The topological polar surface area (TPSA) is 70.7 Å². The van der Waals surface area contributed by atoms with Gasteiger partial charge in [-0.2, -0.15) is 0 Å². The van der Waals surface area contributed by atoms with Crippen molar-refractivity contribution in [3.63, 3.8) is 0 Å². The summed E-state index contributed by atoms with van der Waals surface area (Å²) in [5.74, 6) is 0.819. The fourth-order valence-electron chi connectivity index (χ4n) is 2.35. The summed E-state index contributed by atoms with van der Waals surface area (Å²) in [6, 6.07) is 13.3. The molecule has 2 N–H and O–H groups in total. The van der Waals surface area contributed by atoms with Crippen molar-refractivity contribution in [2.45, 2.75) is 19.0 Å². The maximum Gasteiger partial charge on any atom is 0.234 e. The van der Waals surface area contributed by atoms with Crippen LogP contribution in [0.2, 0.25) is 5.02 Å². The normalized spacial score (nSPS) is 10.7. The van der Waals surface area contributed by atoms with E-state index in [1.54, 1.807) is 12.1 Å². The number of thioether (sulfide) groups is 1. The lowest BCUT2D eigenvalue weighted by atomic mass is 10.1. The van der Waals surface area contributed by atoms with Crippen LogP contribution in [-0.2, 0) is 4.79 Å². The molecule has 1 heterocycles. The van der Waals surface area contributed by atoms with Crippen molar-refractivity contribution in [2.24, 2.45) is 0 Å². The maximum absolute atomic E-state index is 12.1. The Morgan fingerprint density at radius 1 is 1.20 bits per heavy atom. The van der Waals surface area contributed by atoms with Gasteiger partial charge in [-0.1, -0.05) is 47.6 Å². The molecule has 0 aliphatic heterocycles. The molecule has 25 heavy (non-hydrogen) atoms. The summed E-state index contributed by atoms with van der Waals surface area (Å²) in [5, 5.41) is 11.2. The second-order valence-electron chi connectivity index (χ2n) is 5.58. The standard InChI is InChI=1S/C18H17ClN4OS/c1-11-5-3-4-6-14(11)17-21-18(23-22-17)25-10-16(24)20-15-8-7-13(19)9-12(15)2/h3-9H,10H2,1-2H3,(H,20,24)(H,21,22,23). The van der Waals surface area contributed by atoms with Crippen LogP contribution in [0.3, 0.4) is 0 Å². The predicted molar refractivity (Wildman–Crippen MR) is 102 cm³/mol. The largest absolute Gasteiger partial charge is 0.325 e. The molecule has 3 aromatic rings. The monoisotopic (exact) mass is 372 g/mol. The molecular formula is C18H17ClN4OS. The highest BCUT2D eigenvalue weighted by Crippen LogP contribution is 2.23. The van der Waals surface area contributed by atoms with Crippen LogP contribution in [0.1, 0.15) is 11.1 Å². The minimum atomic E-state index is -0.113. The van der Waals surface area contributed by atoms with Crippen molar-refractivity contribution < 1.29 is 4.79 Å². The van der Waals surface area contributed by atoms with Gasteiger partial charge in [0.2, 0.25) is 11.1 Å². The van der Waals surface area contributed by atoms with Gasteiger partial charge in [-0.05, 0) is 43.2 Å². The van der Waals surface area contributed by atoms with Crippen molar-refractivity contribution in [3.05, 3.63) is 58.6 Å². The summed E-state index contributed by atoms with van der Waals surface area (Å²) in [5.41, 5.74) is 3.80. The average molecular weight is 373 g/mol. The first-order chi connectivity index (χ1) is 12.0. The molecule has 0 atom stereocenters. The summed E-state index contributed by atoms with van der Waals surface area (Å²) in [6.45, 7) is 3.92. The van der Waals surface area contributed by atoms with E-state index in [2.05, 4.69) is 20.5 Å². The van der Waals surface area contributed by atoms with Crippen LogP contribution in [0.15, 0.2) is 47.6 Å². The molecule has 5 nitrogen and oxygen atoms in total. The number of carbonyl (C=O) groups excluding carboxylic acids is 1. The fourth-order valence-corrected chi connectivity index (χ4v) is 3.18. The van der Waals surface area contributed by atoms with Crippen molar-refractivity contribution in [1.82, 2.24) is 15.2 Å². The molecule has 0 saturated carbocycles. The summed E-state index contributed by atoms with van der Waals surface area (Å²) in [7, 11) is 0. The Morgan fingerprint density at radius 3 is 2.76 bits per heavy atom. The van der Waals surface area contributed by atoms with Crippen LogP contribution in [0.25, 0.3) is 11.4 Å². The Labute approximate surface area is 155 Å². The van der Waals surface area contributed by atoms with Gasteiger partial charge < -0.3 is 5.32 Å². The highest BCUT2D eigenvalue weighted by Gasteiger charge is 2.11. The molecule has 0 spiro atoms. The molecule has 1 amide bonds. The number of halogens is 1. The molecule has 0 aliphatic carbocycles. The summed E-state index contributed by atoms with van der Waals surface area (Å²) < 4.78 is 0. The summed E-state index contributed by atoms with van der Waals surface area (Å²) in [4.78, 5) is 16.6. The third-order valence-corrected chi connectivity index (χ3v) is 4.74. The number of aromatic amines is 1. The molecule has 2 aromatic carbocycles. The van der Waals surface area contributed by atoms with Gasteiger partial charge in [0.1, 0.15) is 0 Å². The van der Waals surface area contributed by atoms with E-state index in [1.165, 1.54) is 11.8 Å². The number of aryl methyl sites for hydroxylation is 2. The van der Waals surface area contributed by atoms with Gasteiger partial charge in [0.15, 0.2) is 5.82 Å². The number of nitrogens with one attached hydrogen (secondary N) is 2. The zero-order valence-corrected chi connectivity index (χ0v) is 15.4. The minimum Gasteiger partial charge on any atom is -0.325 e. The number of hydrogen-bond acceptors (Lipinski definition) is 4. The second kappa shape index (κ2) is 7.72. The number of rotatable bonds is 5. The second-order valence-corrected chi connectivity index (χ2v) is 6.96. The Hall–Kier alpha value is -2.31. The zero-order valence-electron chi connectivity index (χ0n) is 13.8. The molecule has 0 bridgehead atoms. The number of H-pyrrole nitrogens is 1. The molecule has 0 radical (unpaired) electrons. The quantitative estimate of drug-likeness (QED) is 0.648. The van der Waals surface area contributed by atoms with Gasteiger partial charge in [-0.3, -0.25) is 9.89 Å². The first-order valence-electron chi connectivity index (χ1n) is 7.70. The molecule has 3 rings (SSSR count). The highest BCUT2D eigenvalue weighted by molar-refractivity contribution is 7.99. The first-order valence-corrected chi connectivity index (χ1v) is 9.06. The van der Waals surface area contributed by atoms with Crippen LogP contribution in [0, 0.1) is 13.8 Å². The maximum atomic E-state index is 12.1. The number of benzene rings is 2. The summed E-state index contributed by atoms with van der Waals surface area (Å²) in [6.07, 6.45) is 0. The average Bonchev–Trinajstić information content (AvgIpc) is 3.05. The number of hydrogen-bond donors (Lipinski definition) is 2. The molecule has 128 valence electrons. The van der Waals surface area contributed by atoms with E-state index in [-0.39, 0.29) is 11.7 Å². The molecular weight excluding hydrogens is 356 g/mol. The van der Waals surface area contributed by atoms with Crippen LogP contribution in [0.5, 0.6) is 0 Å². The van der Waals surface area contributed by atoms with Crippen LogP contribution in [-0.4, -0.2) is 26.8 Å². The molecule has 0 saturated heterocycles. The number of carbonyl (C=O) groups is 1. The molecule has 0 aliphatic rings. The highest BCUT2D eigenvalue weighted by atomic mass is 35.5. The van der Waals surface area contributed by atoms with E-state index in [9.17, 15) is 4.79 Å². The molecule has 0 fully saturated rings. The van der Waals surface area contributed by atoms with Gasteiger partial charge in [-0.15, -0.1) is 5.10 Å². The van der Waals surface area contributed by atoms with Crippen molar-refractivity contribution in [3.8, 4) is 11.4 Å². The Kier molecular flexibility index (Phi) is 5.40. The van der Waals surface area contributed by atoms with Crippen molar-refractivity contribution >= 4 is 35.0 Å². The molecule has 1 aromatic heterocycles. The Morgan fingerprint density at radius 2 is 2.00 bits per heavy atom. The van der Waals surface area contributed by atoms with Crippen LogP contribution < -0.4 is 5.32 Å². The smallest absolute Gasteiger partial charge is 0.234 e. The van der Waals surface area contributed by atoms with E-state index in [1.807, 2.05) is 44.2 Å². The van der Waals surface area contributed by atoms with E-state index < -0.39 is 0 Å². The van der Waals surface area contributed by atoms with Crippen molar-refractivity contribution in [1.29, 1.82) is 0 Å². The van der Waals surface area contributed by atoms with Crippen molar-refractivity contribution in [2.75, 3.05) is 11.1 Å². The SMILES string of the molecule is Cc1cc(Cl)ccc1NC(=O)CSc1n[nH]c(-c2ccccc2C)n1. The number of anilines is 1. The summed E-state index contributed by atoms with van der Waals surface area (Å²) >= 11 is 7.21. The van der Waals surface area contributed by atoms with E-state index in [4.69, 9.17) is 11.6 Å². The molecule has 7 heteroatoms. The lowest BCUT2D eigenvalue weighted by molar-refractivity contribution is -0.113. The van der Waals surface area contributed by atoms with Gasteiger partial charge in [0, 0.05) is 16.3 Å². The van der Waals surface area contributed by atoms with Gasteiger partial charge in [0.25, 0.3) is 0 Å². The Bertz CT molecular complexity index is 910. The van der Waals surface area contributed by atoms with Crippen LogP contribution in [0.4, 0.5) is 5.69 Å². The van der Waals surface area contributed by atoms with E-state index >= 15 is 0 Å². The Balaban J connectivity index is 1.60. The molecule has 0 unspecified atom stereocenters. The van der Waals surface area contributed by atoms with Gasteiger partial charge in [0.05, 0.1) is 5.75 Å². The number of aromatic nitrogens is 3. The van der Waals surface area contributed by atoms with E-state index in [0.717, 1.165) is 22.4 Å². The number of nitrogens with zero attached hydrogens (tertiary/aromatic N) is 2. The predicted octanol–water partition coefficient (Wildman–Crippen LogP) is 4.47. The third-order valence-electron chi connectivity index (χ3n) is 3.66. The minimum absolute atomic E-state index is 0.113. The van der Waals surface area contributed by atoms with Crippen LogP contribution >= 0.6 is 23.4 Å². The van der Waals surface area contributed by atoms with E-state index in [0.29, 0.717) is 16.0 Å². The lowest BCUT2D eigenvalue weighted by Crippen LogP contribution is -2.14. The zero-order chi connectivity index (χ0) is 17.8. The van der Waals surface area contributed by atoms with Gasteiger partial charge in [-0.25, -0.2) is 4.98 Å².